The number of amides is 1. The molecule has 2 N–H and O–H groups in total. The number of hydrogen-bond donors (Lipinski definition) is 2. The summed E-state index contributed by atoms with van der Waals surface area (Å²) < 4.78 is 0. The molecule has 0 aliphatic rings. The van der Waals surface area contributed by atoms with Gasteiger partial charge in [0.2, 0.25) is 5.91 Å². The second kappa shape index (κ2) is 4.43. The van der Waals surface area contributed by atoms with Gasteiger partial charge in [0.05, 0.1) is 5.70 Å². The topological polar surface area (TPSA) is 52.6 Å². The van der Waals surface area contributed by atoms with Crippen LogP contribution in [0.25, 0.3) is 0 Å². The fourth-order valence-electron chi connectivity index (χ4n) is 0.509. The van der Waals surface area contributed by atoms with E-state index in [-0.39, 0.29) is 11.7 Å². The maximum Gasteiger partial charge on any atom is 0.247 e. The van der Waals surface area contributed by atoms with Crippen LogP contribution in [0, 0.1) is 0 Å². The van der Waals surface area contributed by atoms with Gasteiger partial charge in [0.25, 0.3) is 0 Å². The molecule has 12 heavy (non-hydrogen) atoms. The lowest BCUT2D eigenvalue weighted by atomic mass is 10.3. The Morgan fingerprint density at radius 1 is 1.58 bits per heavy atom. The van der Waals surface area contributed by atoms with Gasteiger partial charge in [0, 0.05) is 27.2 Å². The van der Waals surface area contributed by atoms with Crippen LogP contribution in [-0.2, 0) is 4.79 Å². The first-order valence-electron chi connectivity index (χ1n) is 3.48. The largest absolute Gasteiger partial charge is 0.506 e. The normalized spacial score (nSPS) is 10.8. The van der Waals surface area contributed by atoms with E-state index in [1.807, 2.05) is 0 Å². The lowest BCUT2D eigenvalue weighted by Crippen LogP contribution is -2.17. The van der Waals surface area contributed by atoms with Gasteiger partial charge in [-0.15, -0.1) is 0 Å². The fraction of sp³-hybridized carbons (Fsp3) is 0.375. The zero-order valence-corrected chi connectivity index (χ0v) is 7.59. The summed E-state index contributed by atoms with van der Waals surface area (Å²) in [5.41, 5.74) is 0.401. The third-order valence-corrected chi connectivity index (χ3v) is 1.35. The van der Waals surface area contributed by atoms with Crippen LogP contribution in [0.15, 0.2) is 24.1 Å². The van der Waals surface area contributed by atoms with E-state index in [2.05, 4.69) is 11.9 Å². The minimum Gasteiger partial charge on any atom is -0.506 e. The molecule has 0 fully saturated rings. The van der Waals surface area contributed by atoms with E-state index in [0.717, 1.165) is 6.08 Å². The first-order valence-corrected chi connectivity index (χ1v) is 3.48. The Balaban J connectivity index is 4.38. The molecule has 0 aliphatic heterocycles. The summed E-state index contributed by atoms with van der Waals surface area (Å²) in [6.45, 7) is 3.57. The van der Waals surface area contributed by atoms with Gasteiger partial charge < -0.3 is 15.3 Å². The molecule has 68 valence electrons. The van der Waals surface area contributed by atoms with Crippen LogP contribution in [-0.4, -0.2) is 37.1 Å². The first-order chi connectivity index (χ1) is 5.49. The Morgan fingerprint density at radius 2 is 2.08 bits per heavy atom. The summed E-state index contributed by atoms with van der Waals surface area (Å²) in [5, 5.41) is 11.6. The van der Waals surface area contributed by atoms with E-state index >= 15 is 0 Å². The Hall–Kier alpha value is -1.45. The second-order valence-electron chi connectivity index (χ2n) is 2.48. The molecule has 0 unspecified atom stereocenters. The van der Waals surface area contributed by atoms with Crippen LogP contribution >= 0.6 is 0 Å². The lowest BCUT2D eigenvalue weighted by Gasteiger charge is -2.14. The number of hydrogen-bond acceptors (Lipinski definition) is 3. The zero-order valence-electron chi connectivity index (χ0n) is 7.59. The summed E-state index contributed by atoms with van der Waals surface area (Å²) in [6, 6.07) is 0. The van der Waals surface area contributed by atoms with Gasteiger partial charge in [0.1, 0.15) is 5.76 Å². The molecule has 0 saturated heterocycles. The molecule has 4 heteroatoms. The molecule has 0 aromatic heterocycles. The van der Waals surface area contributed by atoms with Crippen molar-refractivity contribution in [1.82, 2.24) is 10.2 Å². The fourth-order valence-corrected chi connectivity index (χ4v) is 0.509. The van der Waals surface area contributed by atoms with Crippen molar-refractivity contribution in [3.63, 3.8) is 0 Å². The van der Waals surface area contributed by atoms with Crippen LogP contribution in [0.3, 0.4) is 0 Å². The van der Waals surface area contributed by atoms with Crippen LogP contribution in [0.4, 0.5) is 0 Å². The highest BCUT2D eigenvalue weighted by atomic mass is 16.3. The van der Waals surface area contributed by atoms with Crippen molar-refractivity contribution in [1.29, 1.82) is 0 Å². The molecule has 0 aromatic rings. The van der Waals surface area contributed by atoms with Crippen molar-refractivity contribution in [3.05, 3.63) is 24.1 Å². The number of likely N-dealkylation sites (N-methyl/N-ethyl adjacent to an activating group) is 2. The van der Waals surface area contributed by atoms with Gasteiger partial charge in [-0.1, -0.05) is 6.58 Å². The van der Waals surface area contributed by atoms with Gasteiger partial charge >= 0.3 is 0 Å². The van der Waals surface area contributed by atoms with Gasteiger partial charge in [-0.2, -0.15) is 0 Å². The molecule has 0 bridgehead atoms. The third-order valence-electron chi connectivity index (χ3n) is 1.35. The van der Waals surface area contributed by atoms with E-state index in [1.54, 1.807) is 19.0 Å². The molecule has 0 rings (SSSR count). The highest BCUT2D eigenvalue weighted by molar-refractivity contribution is 5.88. The predicted octanol–water partition coefficient (Wildman–Crippen LogP) is 0.250. The van der Waals surface area contributed by atoms with Crippen LogP contribution < -0.4 is 5.32 Å². The highest BCUT2D eigenvalue weighted by Gasteiger charge is 2.03. The monoisotopic (exact) mass is 170 g/mol. The smallest absolute Gasteiger partial charge is 0.247 e. The second-order valence-corrected chi connectivity index (χ2v) is 2.48. The summed E-state index contributed by atoms with van der Waals surface area (Å²) in [5.74, 6) is -0.477. The number of carbonyl (C=O) groups is 1. The van der Waals surface area contributed by atoms with Crippen molar-refractivity contribution >= 4 is 5.91 Å². The summed E-state index contributed by atoms with van der Waals surface area (Å²) in [7, 11) is 4.96. The summed E-state index contributed by atoms with van der Waals surface area (Å²) >= 11 is 0. The van der Waals surface area contributed by atoms with Crippen molar-refractivity contribution in [2.75, 3.05) is 21.1 Å². The quantitative estimate of drug-likeness (QED) is 0.362. The molecule has 0 aliphatic carbocycles. The standard InChI is InChI=1S/C8H14N2O2/c1-6(10(3)4)7(11)5-8(12)9-2/h5,11H,1H2,2-4H3,(H,9,12). The zero-order chi connectivity index (χ0) is 9.72. The maximum absolute atomic E-state index is 10.7. The number of rotatable bonds is 3. The van der Waals surface area contributed by atoms with Gasteiger partial charge in [-0.25, -0.2) is 0 Å². The molecule has 0 spiro atoms. The van der Waals surface area contributed by atoms with Gasteiger partial charge in [0.15, 0.2) is 0 Å². The average molecular weight is 170 g/mol. The number of aliphatic hydroxyl groups is 1. The Kier molecular flexibility index (Phi) is 3.90. The molecule has 0 radical (unpaired) electrons. The molecule has 0 saturated carbocycles. The number of nitrogens with one attached hydrogen (secondary N) is 1. The van der Waals surface area contributed by atoms with E-state index < -0.39 is 0 Å². The van der Waals surface area contributed by atoms with E-state index in [0.29, 0.717) is 5.70 Å². The lowest BCUT2D eigenvalue weighted by molar-refractivity contribution is -0.116. The predicted molar refractivity (Wildman–Crippen MR) is 47.6 cm³/mol. The van der Waals surface area contributed by atoms with Gasteiger partial charge in [-0.3, -0.25) is 4.79 Å². The molecule has 4 nitrogen and oxygen atoms in total. The molecule has 0 heterocycles. The maximum atomic E-state index is 10.7. The number of carbonyl (C=O) groups excluding carboxylic acids is 1. The Labute approximate surface area is 72.2 Å². The molecule has 1 amide bonds. The van der Waals surface area contributed by atoms with Crippen molar-refractivity contribution in [2.45, 2.75) is 0 Å². The molecular weight excluding hydrogens is 156 g/mol. The Bertz CT molecular complexity index is 219. The summed E-state index contributed by atoms with van der Waals surface area (Å²) in [4.78, 5) is 12.4. The van der Waals surface area contributed by atoms with E-state index in [9.17, 15) is 9.90 Å². The van der Waals surface area contributed by atoms with Crippen LogP contribution in [0.5, 0.6) is 0 Å². The molecule has 0 atom stereocenters. The minimum atomic E-state index is -0.351. The minimum absolute atomic E-state index is 0.126. The molecule has 0 aromatic carbocycles. The molecular formula is C8H14N2O2. The van der Waals surface area contributed by atoms with Crippen molar-refractivity contribution < 1.29 is 9.90 Å². The third kappa shape index (κ3) is 3.09. The van der Waals surface area contributed by atoms with Gasteiger partial charge in [-0.05, 0) is 0 Å². The van der Waals surface area contributed by atoms with Crippen LogP contribution in [0.1, 0.15) is 0 Å². The van der Waals surface area contributed by atoms with E-state index in [1.165, 1.54) is 7.05 Å². The van der Waals surface area contributed by atoms with E-state index in [4.69, 9.17) is 0 Å². The van der Waals surface area contributed by atoms with Crippen LogP contribution in [0.2, 0.25) is 0 Å². The first kappa shape index (κ1) is 10.6. The number of aliphatic hydroxyl groups excluding tert-OH is 1. The van der Waals surface area contributed by atoms with Crippen molar-refractivity contribution in [3.8, 4) is 0 Å². The highest BCUT2D eigenvalue weighted by Crippen LogP contribution is 2.05. The Morgan fingerprint density at radius 3 is 2.42 bits per heavy atom. The summed E-state index contributed by atoms with van der Waals surface area (Å²) in [6.07, 6.45) is 1.09. The average Bonchev–Trinajstić information content (AvgIpc) is 2.02. The SMILES string of the molecule is C=C(C(O)=CC(=O)NC)N(C)C. The number of nitrogens with zero attached hydrogens (tertiary/aromatic N) is 1. The van der Waals surface area contributed by atoms with Crippen molar-refractivity contribution in [2.24, 2.45) is 0 Å².